The van der Waals surface area contributed by atoms with Gasteiger partial charge in [0.25, 0.3) is 0 Å². The number of carbonyl (C=O) groups excluding carboxylic acids is 1. The van der Waals surface area contributed by atoms with Gasteiger partial charge in [0, 0.05) is 50.2 Å². The molecule has 3 heterocycles. The van der Waals surface area contributed by atoms with E-state index in [1.165, 1.54) is 0 Å². The molecule has 2 aromatic heterocycles. The van der Waals surface area contributed by atoms with Gasteiger partial charge >= 0.3 is 0 Å². The number of benzene rings is 1. The summed E-state index contributed by atoms with van der Waals surface area (Å²) in [5.41, 5.74) is 10.1. The van der Waals surface area contributed by atoms with Crippen molar-refractivity contribution in [1.82, 2.24) is 19.9 Å². The number of anilines is 2. The fourth-order valence-electron chi connectivity index (χ4n) is 5.88. The number of rotatable bonds is 6. The number of primary amides is 1. The monoisotopic (exact) mass is 473 g/mol. The number of H-pyrrole nitrogens is 1. The molecule has 9 heteroatoms. The van der Waals surface area contributed by atoms with Gasteiger partial charge in [0.15, 0.2) is 5.65 Å². The quantitative estimate of drug-likeness (QED) is 0.472. The van der Waals surface area contributed by atoms with Crippen molar-refractivity contribution < 1.29 is 9.53 Å². The molecule has 3 aromatic rings. The zero-order valence-corrected chi connectivity index (χ0v) is 20.1. The average Bonchev–Trinajstić information content (AvgIpc) is 3.59. The number of hydrogen-bond donors (Lipinski definition) is 3. The van der Waals surface area contributed by atoms with E-state index in [2.05, 4.69) is 62.5 Å². The topological polar surface area (TPSA) is 112 Å². The van der Waals surface area contributed by atoms with Crippen molar-refractivity contribution in [2.45, 2.75) is 12.5 Å². The maximum Gasteiger partial charge on any atom is 0.223 e. The number of hydrogen-bond acceptors (Lipinski definition) is 7. The predicted octanol–water partition coefficient (Wildman–Crippen LogP) is 2.47. The van der Waals surface area contributed by atoms with Gasteiger partial charge in [-0.05, 0) is 43.5 Å². The van der Waals surface area contributed by atoms with Crippen LogP contribution in [0.25, 0.3) is 22.6 Å². The molecule has 0 spiro atoms. The van der Waals surface area contributed by atoms with Gasteiger partial charge in [0.1, 0.15) is 17.1 Å². The summed E-state index contributed by atoms with van der Waals surface area (Å²) in [6, 6.07) is 8.16. The van der Waals surface area contributed by atoms with Gasteiger partial charge in [0.2, 0.25) is 5.91 Å². The third-order valence-corrected chi connectivity index (χ3v) is 7.81. The average molecular weight is 474 g/mol. The summed E-state index contributed by atoms with van der Waals surface area (Å²) < 4.78 is 5.77. The first-order valence-electron chi connectivity index (χ1n) is 12.2. The van der Waals surface area contributed by atoms with Crippen LogP contribution in [0.2, 0.25) is 0 Å². The van der Waals surface area contributed by atoms with Crippen molar-refractivity contribution in [2.24, 2.45) is 23.5 Å². The fourth-order valence-corrected chi connectivity index (χ4v) is 5.88. The normalized spacial score (nSPS) is 25.9. The molecule has 4 N–H and O–H groups in total. The fraction of sp³-hybridized carbons (Fsp3) is 0.423. The molecule has 35 heavy (non-hydrogen) atoms. The number of ether oxygens (including phenoxy) is 1. The van der Waals surface area contributed by atoms with Crippen molar-refractivity contribution in [3.63, 3.8) is 0 Å². The Morgan fingerprint density at radius 3 is 2.74 bits per heavy atom. The number of aromatic amines is 1. The highest BCUT2D eigenvalue weighted by atomic mass is 16.5. The number of imidazole rings is 1. The molecule has 1 saturated heterocycles. The van der Waals surface area contributed by atoms with Gasteiger partial charge in [-0.2, -0.15) is 0 Å². The summed E-state index contributed by atoms with van der Waals surface area (Å²) in [6.07, 6.45) is 7.04. The number of aromatic nitrogens is 3. The minimum atomic E-state index is -0.250. The Hall–Kier alpha value is -3.59. The molecule has 2 aliphatic carbocycles. The highest BCUT2D eigenvalue weighted by Crippen LogP contribution is 2.45. The van der Waals surface area contributed by atoms with E-state index in [1.54, 1.807) is 13.3 Å². The second-order valence-corrected chi connectivity index (χ2v) is 9.86. The number of nitrogens with zero attached hydrogens (tertiary/aromatic N) is 4. The lowest BCUT2D eigenvalue weighted by molar-refractivity contribution is -0.122. The third-order valence-electron chi connectivity index (χ3n) is 7.81. The van der Waals surface area contributed by atoms with Crippen molar-refractivity contribution in [3.05, 3.63) is 42.6 Å². The number of fused-ring (bicyclic) bond motifs is 3. The summed E-state index contributed by atoms with van der Waals surface area (Å²) in [7, 11) is 3.84. The molecule has 0 unspecified atom stereocenters. The minimum Gasteiger partial charge on any atom is -0.496 e. The molecular weight excluding hydrogens is 442 g/mol. The molecule has 182 valence electrons. The van der Waals surface area contributed by atoms with Crippen molar-refractivity contribution in [3.8, 4) is 17.1 Å². The molecule has 2 bridgehead atoms. The van der Waals surface area contributed by atoms with E-state index in [1.807, 2.05) is 6.07 Å². The van der Waals surface area contributed by atoms with Crippen LogP contribution in [0.15, 0.2) is 42.6 Å². The van der Waals surface area contributed by atoms with Crippen LogP contribution in [0.1, 0.15) is 6.42 Å². The first-order chi connectivity index (χ1) is 17.0. The SMILES string of the molecule is COc1cc(N2CCN(C)CC2)ccc1-c1nc2nccc(N[C@H]3[C@@H](C(N)=O)[C@@H]4C=C[C@@H]3C4)c2[nH]1. The summed E-state index contributed by atoms with van der Waals surface area (Å²) in [6.45, 7) is 4.08. The zero-order chi connectivity index (χ0) is 24.1. The smallest absolute Gasteiger partial charge is 0.223 e. The van der Waals surface area contributed by atoms with Crippen LogP contribution >= 0.6 is 0 Å². The maximum absolute atomic E-state index is 12.2. The Labute approximate surface area is 204 Å². The van der Waals surface area contributed by atoms with Gasteiger partial charge in [-0.3, -0.25) is 4.79 Å². The number of likely N-dealkylation sites (N-methyl/N-ethyl adjacent to an activating group) is 1. The Kier molecular flexibility index (Phi) is 5.36. The van der Waals surface area contributed by atoms with Crippen LogP contribution in [0, 0.1) is 17.8 Å². The van der Waals surface area contributed by atoms with E-state index in [0.29, 0.717) is 17.4 Å². The van der Waals surface area contributed by atoms with E-state index in [4.69, 9.17) is 15.5 Å². The van der Waals surface area contributed by atoms with E-state index < -0.39 is 0 Å². The maximum atomic E-state index is 12.2. The van der Waals surface area contributed by atoms with Crippen molar-refractivity contribution in [1.29, 1.82) is 0 Å². The lowest BCUT2D eigenvalue weighted by atomic mass is 9.88. The molecule has 4 atom stereocenters. The van der Waals surface area contributed by atoms with Crippen LogP contribution < -0.4 is 20.7 Å². The number of nitrogens with one attached hydrogen (secondary N) is 2. The largest absolute Gasteiger partial charge is 0.496 e. The Morgan fingerprint density at radius 2 is 1.97 bits per heavy atom. The molecule has 1 aromatic carbocycles. The van der Waals surface area contributed by atoms with Gasteiger partial charge in [-0.1, -0.05) is 12.2 Å². The number of allylic oxidation sites excluding steroid dienone is 1. The van der Waals surface area contributed by atoms with Gasteiger partial charge in [0.05, 0.1) is 24.3 Å². The van der Waals surface area contributed by atoms with Crippen LogP contribution in [0.4, 0.5) is 11.4 Å². The van der Waals surface area contributed by atoms with Crippen LogP contribution in [-0.4, -0.2) is 72.1 Å². The molecule has 1 aliphatic heterocycles. The number of pyridine rings is 1. The minimum absolute atomic E-state index is 0.0303. The van der Waals surface area contributed by atoms with Gasteiger partial charge in [-0.15, -0.1) is 0 Å². The molecular formula is C26H31N7O2. The Bertz CT molecular complexity index is 1290. The van der Waals surface area contributed by atoms with Gasteiger partial charge < -0.3 is 30.6 Å². The van der Waals surface area contributed by atoms with Crippen LogP contribution in [-0.2, 0) is 4.79 Å². The standard InChI is InChI=1S/C26H31N7O2/c1-32-9-11-33(12-10-32)17-5-6-18(20(14-17)35-2)25-30-23-19(7-8-28-26(23)31-25)29-22-16-4-3-15(13-16)21(22)24(27)34/h3-8,14-16,21-22H,9-13H2,1-2H3,(H2,27,34)(H2,28,29,30,31)/t15-,16-,21+,22-/m1/s1. The van der Waals surface area contributed by atoms with Crippen LogP contribution in [0.5, 0.6) is 5.75 Å². The number of nitrogens with two attached hydrogens (primary N) is 1. The summed E-state index contributed by atoms with van der Waals surface area (Å²) in [4.78, 5) is 29.6. The van der Waals surface area contributed by atoms with Crippen molar-refractivity contribution >= 4 is 28.4 Å². The lowest BCUT2D eigenvalue weighted by Crippen LogP contribution is -2.44. The van der Waals surface area contributed by atoms with E-state index in [0.717, 1.165) is 60.8 Å². The summed E-state index contributed by atoms with van der Waals surface area (Å²) in [5, 5.41) is 3.59. The number of piperazine rings is 1. The molecule has 6 rings (SSSR count). The molecule has 1 saturated carbocycles. The Morgan fingerprint density at radius 1 is 1.17 bits per heavy atom. The van der Waals surface area contributed by atoms with E-state index in [9.17, 15) is 4.79 Å². The first-order valence-corrected chi connectivity index (χ1v) is 12.2. The predicted molar refractivity (Wildman–Crippen MR) is 136 cm³/mol. The molecule has 9 nitrogen and oxygen atoms in total. The lowest BCUT2D eigenvalue weighted by Gasteiger charge is -2.34. The Balaban J connectivity index is 1.31. The molecule has 0 radical (unpaired) electrons. The molecule has 1 amide bonds. The van der Waals surface area contributed by atoms with Crippen molar-refractivity contribution in [2.75, 3.05) is 50.6 Å². The highest BCUT2D eigenvalue weighted by Gasteiger charge is 2.47. The molecule has 2 fully saturated rings. The molecule has 3 aliphatic rings. The second kappa shape index (κ2) is 8.57. The summed E-state index contributed by atoms with van der Waals surface area (Å²) >= 11 is 0. The van der Waals surface area contributed by atoms with E-state index in [-0.39, 0.29) is 23.8 Å². The van der Waals surface area contributed by atoms with E-state index >= 15 is 0 Å². The first kappa shape index (κ1) is 21.9. The highest BCUT2D eigenvalue weighted by molar-refractivity contribution is 5.89. The summed E-state index contributed by atoms with van der Waals surface area (Å²) in [5.74, 6) is 1.51. The number of methoxy groups -OCH3 is 1. The third kappa shape index (κ3) is 3.80. The zero-order valence-electron chi connectivity index (χ0n) is 20.1. The number of amides is 1. The second-order valence-electron chi connectivity index (χ2n) is 9.86. The van der Waals surface area contributed by atoms with Gasteiger partial charge in [-0.25, -0.2) is 9.97 Å². The number of carbonyl (C=O) groups is 1. The van der Waals surface area contributed by atoms with Crippen LogP contribution in [0.3, 0.4) is 0 Å².